The molecule has 0 bridgehead atoms. The number of nitro groups is 1. The molecule has 8 nitrogen and oxygen atoms in total. The summed E-state index contributed by atoms with van der Waals surface area (Å²) < 4.78 is 27.4. The molecule has 0 aromatic heterocycles. The van der Waals surface area contributed by atoms with Crippen LogP contribution in [-0.2, 0) is 10.0 Å². The third-order valence-corrected chi connectivity index (χ3v) is 7.79. The Morgan fingerprint density at radius 1 is 1.10 bits per heavy atom. The summed E-state index contributed by atoms with van der Waals surface area (Å²) in [5, 5.41) is 11.1. The van der Waals surface area contributed by atoms with E-state index in [0.29, 0.717) is 11.5 Å². The molecule has 1 atom stereocenters. The van der Waals surface area contributed by atoms with Gasteiger partial charge in [0.1, 0.15) is 0 Å². The summed E-state index contributed by atoms with van der Waals surface area (Å²) in [6, 6.07) is 11.4. The van der Waals surface area contributed by atoms with Crippen LogP contribution in [0.5, 0.6) is 0 Å². The monoisotopic (exact) mass is 445 g/mol. The van der Waals surface area contributed by atoms with Gasteiger partial charge in [0.25, 0.3) is 11.6 Å². The van der Waals surface area contributed by atoms with Gasteiger partial charge in [-0.25, -0.2) is 8.42 Å². The second kappa shape index (κ2) is 9.15. The van der Waals surface area contributed by atoms with Crippen LogP contribution < -0.4 is 0 Å². The first-order chi connectivity index (χ1) is 14.6. The number of sulfonamides is 1. The smallest absolute Gasteiger partial charge is 0.273 e. The van der Waals surface area contributed by atoms with E-state index in [2.05, 4.69) is 13.8 Å². The second-order valence-corrected chi connectivity index (χ2v) is 9.77. The summed E-state index contributed by atoms with van der Waals surface area (Å²) in [6.45, 7) is 6.61. The second-order valence-electron chi connectivity index (χ2n) is 7.83. The molecule has 2 aromatic rings. The minimum absolute atomic E-state index is 0.104. The Hall–Kier alpha value is -2.78. The number of hydrogen-bond donors (Lipinski definition) is 0. The highest BCUT2D eigenvalue weighted by Gasteiger charge is 2.31. The van der Waals surface area contributed by atoms with Gasteiger partial charge in [-0.05, 0) is 43.0 Å². The third kappa shape index (κ3) is 4.77. The molecule has 1 amide bonds. The van der Waals surface area contributed by atoms with E-state index >= 15 is 0 Å². The van der Waals surface area contributed by atoms with Gasteiger partial charge in [-0.3, -0.25) is 14.9 Å². The average molecular weight is 446 g/mol. The van der Waals surface area contributed by atoms with Gasteiger partial charge < -0.3 is 4.90 Å². The quantitative estimate of drug-likeness (QED) is 0.500. The van der Waals surface area contributed by atoms with Gasteiger partial charge >= 0.3 is 0 Å². The number of benzene rings is 2. The zero-order valence-corrected chi connectivity index (χ0v) is 18.8. The van der Waals surface area contributed by atoms with Crippen LogP contribution in [-0.4, -0.2) is 54.6 Å². The molecule has 1 heterocycles. The third-order valence-electron chi connectivity index (χ3n) is 5.88. The Labute approximate surface area is 182 Å². The van der Waals surface area contributed by atoms with Crippen molar-refractivity contribution >= 4 is 21.6 Å². The van der Waals surface area contributed by atoms with Crippen molar-refractivity contribution in [3.05, 3.63) is 69.3 Å². The highest BCUT2D eigenvalue weighted by molar-refractivity contribution is 7.89. The zero-order valence-electron chi connectivity index (χ0n) is 17.9. The van der Waals surface area contributed by atoms with Crippen LogP contribution in [0.3, 0.4) is 0 Å². The molecule has 0 radical (unpaired) electrons. The van der Waals surface area contributed by atoms with Crippen LogP contribution in [0.2, 0.25) is 0 Å². The van der Waals surface area contributed by atoms with Crippen molar-refractivity contribution in [3.8, 4) is 0 Å². The first-order valence-corrected chi connectivity index (χ1v) is 11.7. The number of nitrogens with zero attached hydrogens (tertiary/aromatic N) is 3. The number of carbonyl (C=O) groups excluding carboxylic acids is 1. The molecule has 0 aliphatic carbocycles. The Balaban J connectivity index is 1.69. The van der Waals surface area contributed by atoms with Crippen molar-refractivity contribution in [2.24, 2.45) is 0 Å². The Morgan fingerprint density at radius 2 is 1.71 bits per heavy atom. The molecule has 0 N–H and O–H groups in total. The van der Waals surface area contributed by atoms with Gasteiger partial charge in [0, 0.05) is 43.4 Å². The first kappa shape index (κ1) is 22.9. The number of piperazine rings is 1. The fourth-order valence-corrected chi connectivity index (χ4v) is 5.03. The number of hydrogen-bond acceptors (Lipinski definition) is 5. The summed E-state index contributed by atoms with van der Waals surface area (Å²) >= 11 is 0. The average Bonchev–Trinajstić information content (AvgIpc) is 2.78. The van der Waals surface area contributed by atoms with E-state index in [4.69, 9.17) is 0 Å². The molecule has 1 aliphatic heterocycles. The predicted octanol–water partition coefficient (Wildman–Crippen LogP) is 3.56. The molecule has 1 fully saturated rings. The lowest BCUT2D eigenvalue weighted by Crippen LogP contribution is -2.50. The Kier molecular flexibility index (Phi) is 6.76. The number of rotatable bonds is 6. The number of nitro benzene ring substituents is 1. The molecule has 3 rings (SSSR count). The van der Waals surface area contributed by atoms with Crippen LogP contribution in [0.4, 0.5) is 5.69 Å². The standard InChI is InChI=1S/C22H27N3O5S/c1-4-16(2)18-7-9-20(10-8-18)31(29,30)24-13-11-23(12-14-24)22(26)19-6-5-17(3)21(15-19)25(27)28/h5-10,15-16H,4,11-14H2,1-3H3. The molecule has 166 valence electrons. The molecule has 1 saturated heterocycles. The van der Waals surface area contributed by atoms with Crippen molar-refractivity contribution in [2.45, 2.75) is 38.0 Å². The lowest BCUT2D eigenvalue weighted by Gasteiger charge is -2.34. The zero-order chi connectivity index (χ0) is 22.8. The maximum absolute atomic E-state index is 13.0. The van der Waals surface area contributed by atoms with E-state index in [0.717, 1.165) is 12.0 Å². The van der Waals surface area contributed by atoms with Gasteiger partial charge in [-0.2, -0.15) is 4.31 Å². The van der Waals surface area contributed by atoms with Crippen molar-refractivity contribution in [2.75, 3.05) is 26.2 Å². The van der Waals surface area contributed by atoms with Crippen LogP contribution in [0.15, 0.2) is 47.4 Å². The Bertz CT molecular complexity index is 1070. The van der Waals surface area contributed by atoms with Gasteiger partial charge in [-0.1, -0.05) is 32.0 Å². The van der Waals surface area contributed by atoms with E-state index in [1.54, 1.807) is 31.2 Å². The maximum Gasteiger partial charge on any atom is 0.273 e. The molecule has 0 spiro atoms. The van der Waals surface area contributed by atoms with Crippen LogP contribution in [0.1, 0.15) is 47.7 Å². The van der Waals surface area contributed by atoms with E-state index in [9.17, 15) is 23.3 Å². The highest BCUT2D eigenvalue weighted by atomic mass is 32.2. The number of aryl methyl sites for hydroxylation is 1. The predicted molar refractivity (Wildman–Crippen MR) is 118 cm³/mol. The maximum atomic E-state index is 13.0. The molecule has 2 aromatic carbocycles. The first-order valence-electron chi connectivity index (χ1n) is 10.3. The lowest BCUT2D eigenvalue weighted by molar-refractivity contribution is -0.385. The molecular weight excluding hydrogens is 418 g/mol. The lowest BCUT2D eigenvalue weighted by atomic mass is 9.99. The number of carbonyl (C=O) groups is 1. The summed E-state index contributed by atoms with van der Waals surface area (Å²) in [4.78, 5) is 25.2. The fraction of sp³-hybridized carbons (Fsp3) is 0.409. The van der Waals surface area contributed by atoms with Gasteiger partial charge in [-0.15, -0.1) is 0 Å². The highest BCUT2D eigenvalue weighted by Crippen LogP contribution is 2.24. The van der Waals surface area contributed by atoms with E-state index in [1.165, 1.54) is 15.3 Å². The molecular formula is C22H27N3O5S. The molecule has 1 aliphatic rings. The summed E-state index contributed by atoms with van der Waals surface area (Å²) in [5.74, 6) is 0.0296. The molecule has 31 heavy (non-hydrogen) atoms. The topological polar surface area (TPSA) is 101 Å². The van der Waals surface area contributed by atoms with Crippen molar-refractivity contribution in [1.29, 1.82) is 0 Å². The van der Waals surface area contributed by atoms with E-state index < -0.39 is 14.9 Å². The van der Waals surface area contributed by atoms with Gasteiger partial charge in [0.05, 0.1) is 9.82 Å². The van der Waals surface area contributed by atoms with Crippen LogP contribution in [0, 0.1) is 17.0 Å². The summed E-state index contributed by atoms with van der Waals surface area (Å²) in [5.41, 5.74) is 1.71. The Morgan fingerprint density at radius 3 is 2.26 bits per heavy atom. The van der Waals surface area contributed by atoms with Crippen LogP contribution in [0.25, 0.3) is 0 Å². The SMILES string of the molecule is CCC(C)c1ccc(S(=O)(=O)N2CCN(C(=O)c3ccc(C)c([N+](=O)[O-])c3)CC2)cc1. The number of amides is 1. The van der Waals surface area contributed by atoms with E-state index in [1.807, 2.05) is 12.1 Å². The van der Waals surface area contributed by atoms with Crippen LogP contribution >= 0.6 is 0 Å². The molecule has 1 unspecified atom stereocenters. The summed E-state index contributed by atoms with van der Waals surface area (Å²) in [7, 11) is -3.64. The largest absolute Gasteiger partial charge is 0.336 e. The van der Waals surface area contributed by atoms with Gasteiger partial charge in [0.15, 0.2) is 0 Å². The molecule has 9 heteroatoms. The molecule has 0 saturated carbocycles. The summed E-state index contributed by atoms with van der Waals surface area (Å²) in [6.07, 6.45) is 0.978. The van der Waals surface area contributed by atoms with Crippen molar-refractivity contribution in [1.82, 2.24) is 9.21 Å². The normalized spacial score (nSPS) is 16.2. The van der Waals surface area contributed by atoms with Crippen molar-refractivity contribution < 1.29 is 18.1 Å². The van der Waals surface area contributed by atoms with Gasteiger partial charge in [0.2, 0.25) is 10.0 Å². The van der Waals surface area contributed by atoms with Crippen molar-refractivity contribution in [3.63, 3.8) is 0 Å². The minimum Gasteiger partial charge on any atom is -0.336 e. The fourth-order valence-electron chi connectivity index (χ4n) is 3.61. The van der Waals surface area contributed by atoms with E-state index in [-0.39, 0.29) is 48.2 Å². The minimum atomic E-state index is -3.64.